The van der Waals surface area contributed by atoms with Gasteiger partial charge in [0, 0.05) is 11.4 Å². The van der Waals surface area contributed by atoms with Crippen LogP contribution in [0.4, 0.5) is 0 Å². The Bertz CT molecular complexity index is 267. The van der Waals surface area contributed by atoms with E-state index >= 15 is 0 Å². The van der Waals surface area contributed by atoms with Crippen molar-refractivity contribution in [2.75, 3.05) is 19.7 Å². The van der Waals surface area contributed by atoms with Gasteiger partial charge in [0.1, 0.15) is 0 Å². The molecule has 0 atom stereocenters. The summed E-state index contributed by atoms with van der Waals surface area (Å²) < 4.78 is 5.59. The third-order valence-corrected chi connectivity index (χ3v) is 4.01. The van der Waals surface area contributed by atoms with E-state index in [0.717, 1.165) is 25.7 Å². The zero-order chi connectivity index (χ0) is 11.1. The SMILES string of the molecule is c1csc(COCCNCC2CCCC2)c1. The zero-order valence-corrected chi connectivity index (χ0v) is 10.6. The Labute approximate surface area is 102 Å². The van der Waals surface area contributed by atoms with E-state index in [-0.39, 0.29) is 0 Å². The first-order chi connectivity index (χ1) is 7.95. The highest BCUT2D eigenvalue weighted by Crippen LogP contribution is 2.23. The second-order valence-electron chi connectivity index (χ2n) is 4.49. The standard InChI is InChI=1S/C13H21NOS/c1-2-5-12(4-1)10-14-7-8-15-11-13-6-3-9-16-13/h3,6,9,12,14H,1-2,4-5,7-8,10-11H2. The molecule has 0 amide bonds. The maximum absolute atomic E-state index is 5.59. The predicted octanol–water partition coefficient (Wildman–Crippen LogP) is 3.04. The van der Waals surface area contributed by atoms with Gasteiger partial charge in [0.2, 0.25) is 0 Å². The Kier molecular flexibility index (Phi) is 5.32. The van der Waals surface area contributed by atoms with Gasteiger partial charge in [-0.15, -0.1) is 11.3 Å². The quantitative estimate of drug-likeness (QED) is 0.738. The summed E-state index contributed by atoms with van der Waals surface area (Å²) in [6.45, 7) is 3.76. The number of hydrogen-bond donors (Lipinski definition) is 1. The second kappa shape index (κ2) is 7.05. The van der Waals surface area contributed by atoms with Gasteiger partial charge in [-0.1, -0.05) is 18.9 Å². The third kappa shape index (κ3) is 4.24. The third-order valence-electron chi connectivity index (χ3n) is 3.16. The number of rotatable bonds is 7. The van der Waals surface area contributed by atoms with Crippen molar-refractivity contribution in [2.24, 2.45) is 5.92 Å². The van der Waals surface area contributed by atoms with Crippen molar-refractivity contribution in [3.05, 3.63) is 22.4 Å². The highest BCUT2D eigenvalue weighted by atomic mass is 32.1. The molecule has 0 saturated heterocycles. The van der Waals surface area contributed by atoms with Crippen LogP contribution in [0.25, 0.3) is 0 Å². The predicted molar refractivity (Wildman–Crippen MR) is 68.8 cm³/mol. The van der Waals surface area contributed by atoms with Gasteiger partial charge in [-0.25, -0.2) is 0 Å². The minimum atomic E-state index is 0.767. The molecule has 0 unspecified atom stereocenters. The lowest BCUT2D eigenvalue weighted by molar-refractivity contribution is 0.124. The van der Waals surface area contributed by atoms with Crippen LogP contribution in [0.2, 0.25) is 0 Å². The smallest absolute Gasteiger partial charge is 0.0809 e. The van der Waals surface area contributed by atoms with E-state index in [4.69, 9.17) is 4.74 Å². The summed E-state index contributed by atoms with van der Waals surface area (Å²) in [6, 6.07) is 4.19. The summed E-state index contributed by atoms with van der Waals surface area (Å²) in [4.78, 5) is 1.32. The Balaban J connectivity index is 1.43. The largest absolute Gasteiger partial charge is 0.375 e. The van der Waals surface area contributed by atoms with E-state index in [1.807, 2.05) is 0 Å². The molecule has 2 nitrogen and oxygen atoms in total. The lowest BCUT2D eigenvalue weighted by atomic mass is 10.1. The molecule has 2 rings (SSSR count). The molecule has 1 aromatic rings. The Morgan fingerprint density at radius 1 is 1.38 bits per heavy atom. The Morgan fingerprint density at radius 2 is 2.25 bits per heavy atom. The van der Waals surface area contributed by atoms with Gasteiger partial charge in [0.25, 0.3) is 0 Å². The van der Waals surface area contributed by atoms with Crippen molar-refractivity contribution < 1.29 is 4.74 Å². The van der Waals surface area contributed by atoms with Gasteiger partial charge < -0.3 is 10.1 Å². The van der Waals surface area contributed by atoms with Crippen LogP contribution < -0.4 is 5.32 Å². The number of nitrogens with one attached hydrogen (secondary N) is 1. The molecule has 1 aliphatic carbocycles. The molecule has 0 radical (unpaired) electrons. The monoisotopic (exact) mass is 239 g/mol. The summed E-state index contributed by atoms with van der Waals surface area (Å²) in [6.07, 6.45) is 5.70. The summed E-state index contributed by atoms with van der Waals surface area (Å²) in [5.74, 6) is 0.928. The fraction of sp³-hybridized carbons (Fsp3) is 0.692. The first-order valence-electron chi connectivity index (χ1n) is 6.26. The van der Waals surface area contributed by atoms with Crippen molar-refractivity contribution >= 4 is 11.3 Å². The van der Waals surface area contributed by atoms with Crippen molar-refractivity contribution in [1.29, 1.82) is 0 Å². The average molecular weight is 239 g/mol. The van der Waals surface area contributed by atoms with Crippen LogP contribution in [0.15, 0.2) is 17.5 Å². The van der Waals surface area contributed by atoms with E-state index < -0.39 is 0 Å². The van der Waals surface area contributed by atoms with E-state index in [1.165, 1.54) is 37.1 Å². The highest BCUT2D eigenvalue weighted by Gasteiger charge is 2.13. The number of ether oxygens (including phenoxy) is 1. The van der Waals surface area contributed by atoms with Crippen LogP contribution in [0, 0.1) is 5.92 Å². The molecule has 1 N–H and O–H groups in total. The summed E-state index contributed by atoms with van der Waals surface area (Å²) >= 11 is 1.76. The van der Waals surface area contributed by atoms with Crippen LogP contribution in [0.1, 0.15) is 30.6 Å². The lowest BCUT2D eigenvalue weighted by Gasteiger charge is -2.10. The van der Waals surface area contributed by atoms with Gasteiger partial charge >= 0.3 is 0 Å². The normalized spacial score (nSPS) is 17.0. The molecule has 1 fully saturated rings. The zero-order valence-electron chi connectivity index (χ0n) is 9.78. The van der Waals surface area contributed by atoms with Gasteiger partial charge in [-0.05, 0) is 36.8 Å². The lowest BCUT2D eigenvalue weighted by Crippen LogP contribution is -2.25. The van der Waals surface area contributed by atoms with Crippen LogP contribution in [-0.4, -0.2) is 19.7 Å². The second-order valence-corrected chi connectivity index (χ2v) is 5.52. The summed E-state index contributed by atoms with van der Waals surface area (Å²) in [5.41, 5.74) is 0. The van der Waals surface area contributed by atoms with Crippen molar-refractivity contribution in [3.8, 4) is 0 Å². The molecule has 0 spiro atoms. The van der Waals surface area contributed by atoms with Crippen LogP contribution in [0.3, 0.4) is 0 Å². The molecule has 0 aromatic carbocycles. The molecule has 16 heavy (non-hydrogen) atoms. The van der Waals surface area contributed by atoms with E-state index in [0.29, 0.717) is 0 Å². The van der Waals surface area contributed by atoms with Gasteiger partial charge in [0.15, 0.2) is 0 Å². The number of hydrogen-bond acceptors (Lipinski definition) is 3. The minimum Gasteiger partial charge on any atom is -0.375 e. The molecular weight excluding hydrogens is 218 g/mol. The van der Waals surface area contributed by atoms with E-state index in [2.05, 4.69) is 22.8 Å². The Hall–Kier alpha value is -0.380. The van der Waals surface area contributed by atoms with Gasteiger partial charge in [-0.3, -0.25) is 0 Å². The van der Waals surface area contributed by atoms with Gasteiger partial charge in [-0.2, -0.15) is 0 Å². The molecule has 1 aromatic heterocycles. The molecule has 1 saturated carbocycles. The van der Waals surface area contributed by atoms with E-state index in [1.54, 1.807) is 11.3 Å². The van der Waals surface area contributed by atoms with Crippen molar-refractivity contribution in [1.82, 2.24) is 5.32 Å². The fourth-order valence-electron chi connectivity index (χ4n) is 2.23. The summed E-state index contributed by atoms with van der Waals surface area (Å²) in [5, 5.41) is 5.58. The van der Waals surface area contributed by atoms with Gasteiger partial charge in [0.05, 0.1) is 13.2 Å². The van der Waals surface area contributed by atoms with Crippen LogP contribution in [-0.2, 0) is 11.3 Å². The molecule has 90 valence electrons. The molecule has 1 heterocycles. The Morgan fingerprint density at radius 3 is 3.00 bits per heavy atom. The molecule has 0 aliphatic heterocycles. The molecule has 1 aliphatic rings. The maximum atomic E-state index is 5.59. The van der Waals surface area contributed by atoms with Crippen molar-refractivity contribution in [3.63, 3.8) is 0 Å². The maximum Gasteiger partial charge on any atom is 0.0809 e. The topological polar surface area (TPSA) is 21.3 Å². The van der Waals surface area contributed by atoms with E-state index in [9.17, 15) is 0 Å². The van der Waals surface area contributed by atoms with Crippen LogP contribution in [0.5, 0.6) is 0 Å². The van der Waals surface area contributed by atoms with Crippen molar-refractivity contribution in [2.45, 2.75) is 32.3 Å². The summed E-state index contributed by atoms with van der Waals surface area (Å²) in [7, 11) is 0. The highest BCUT2D eigenvalue weighted by molar-refractivity contribution is 7.09. The van der Waals surface area contributed by atoms with Crippen LogP contribution >= 0.6 is 11.3 Å². The first kappa shape index (κ1) is 12.1. The average Bonchev–Trinajstić information content (AvgIpc) is 2.96. The molecule has 0 bridgehead atoms. The fourth-order valence-corrected chi connectivity index (χ4v) is 2.87. The minimum absolute atomic E-state index is 0.767. The molecular formula is C13H21NOS. The molecule has 3 heteroatoms. The first-order valence-corrected chi connectivity index (χ1v) is 7.14. The number of thiophene rings is 1.